The molecule has 0 amide bonds. The van der Waals surface area contributed by atoms with Crippen LogP contribution in [0.4, 0.5) is 0 Å². The number of hydrogen-bond donors (Lipinski definition) is 1. The third kappa shape index (κ3) is 4.44. The number of nitrogens with one attached hydrogen (secondary N) is 1. The smallest absolute Gasteiger partial charge is 0.0334 e. The van der Waals surface area contributed by atoms with Gasteiger partial charge in [-0.2, -0.15) is 0 Å². The summed E-state index contributed by atoms with van der Waals surface area (Å²) in [6.45, 7) is 5.41. The molecular weight excluding hydrogens is 330 g/mol. The fraction of sp³-hybridized carbons (Fsp3) is 0.412. The van der Waals surface area contributed by atoms with Gasteiger partial charge in [0.2, 0.25) is 0 Å². The first-order valence-corrected chi connectivity index (χ1v) is 8.89. The summed E-state index contributed by atoms with van der Waals surface area (Å²) < 4.78 is 1.22. The van der Waals surface area contributed by atoms with Gasteiger partial charge < -0.3 is 5.32 Å². The standard InChI is InChI=1S/C17H22BrNS/c1-3-10-19-17(9-7-14-5-4-11-20-14)15-8-6-13(2)12-16(15)18/h4-6,8,11-12,17,19H,3,7,9-10H2,1-2H3. The van der Waals surface area contributed by atoms with Gasteiger partial charge in [0.1, 0.15) is 0 Å². The Balaban J connectivity index is 2.09. The lowest BCUT2D eigenvalue weighted by atomic mass is 10.00. The Bertz CT molecular complexity index is 522. The molecule has 3 heteroatoms. The summed E-state index contributed by atoms with van der Waals surface area (Å²) in [6.07, 6.45) is 3.44. The SMILES string of the molecule is CCCNC(CCc1cccs1)c1ccc(C)cc1Br. The van der Waals surface area contributed by atoms with Gasteiger partial charge in [-0.25, -0.2) is 0 Å². The average molecular weight is 352 g/mol. The summed E-state index contributed by atoms with van der Waals surface area (Å²) in [6, 6.07) is 11.4. The maximum absolute atomic E-state index is 3.72. The van der Waals surface area contributed by atoms with Crippen LogP contribution in [0.2, 0.25) is 0 Å². The van der Waals surface area contributed by atoms with Crippen LogP contribution in [0.1, 0.15) is 41.8 Å². The maximum Gasteiger partial charge on any atom is 0.0334 e. The lowest BCUT2D eigenvalue weighted by Crippen LogP contribution is -2.23. The molecule has 1 atom stereocenters. The minimum absolute atomic E-state index is 0.423. The first-order chi connectivity index (χ1) is 9.70. The fourth-order valence-corrected chi connectivity index (χ4v) is 3.84. The minimum Gasteiger partial charge on any atom is -0.310 e. The number of halogens is 1. The zero-order chi connectivity index (χ0) is 14.4. The van der Waals surface area contributed by atoms with E-state index in [1.54, 1.807) is 0 Å². The maximum atomic E-state index is 3.72. The van der Waals surface area contributed by atoms with Crippen LogP contribution < -0.4 is 5.32 Å². The Morgan fingerprint density at radius 2 is 2.15 bits per heavy atom. The molecular formula is C17H22BrNS. The summed E-state index contributed by atoms with van der Waals surface area (Å²) in [7, 11) is 0. The summed E-state index contributed by atoms with van der Waals surface area (Å²) in [4.78, 5) is 1.47. The normalized spacial score (nSPS) is 12.6. The van der Waals surface area contributed by atoms with Gasteiger partial charge in [-0.1, -0.05) is 41.1 Å². The summed E-state index contributed by atoms with van der Waals surface area (Å²) in [5.41, 5.74) is 2.67. The molecule has 0 saturated carbocycles. The zero-order valence-electron chi connectivity index (χ0n) is 12.2. The second-order valence-corrected chi connectivity index (χ2v) is 7.04. The van der Waals surface area contributed by atoms with Crippen LogP contribution >= 0.6 is 27.3 Å². The molecule has 1 heterocycles. The highest BCUT2D eigenvalue weighted by Crippen LogP contribution is 2.28. The van der Waals surface area contributed by atoms with Gasteiger partial charge in [0.05, 0.1) is 0 Å². The third-order valence-electron chi connectivity index (χ3n) is 3.43. The number of aryl methyl sites for hydroxylation is 2. The van der Waals surface area contributed by atoms with Gasteiger partial charge in [0.15, 0.2) is 0 Å². The Morgan fingerprint density at radius 1 is 1.30 bits per heavy atom. The quantitative estimate of drug-likeness (QED) is 0.694. The van der Waals surface area contributed by atoms with Crippen molar-refractivity contribution in [2.75, 3.05) is 6.54 Å². The molecule has 2 rings (SSSR count). The van der Waals surface area contributed by atoms with E-state index in [9.17, 15) is 0 Å². The first kappa shape index (κ1) is 15.7. The van der Waals surface area contributed by atoms with Gasteiger partial charge >= 0.3 is 0 Å². The summed E-state index contributed by atoms with van der Waals surface area (Å²) in [5.74, 6) is 0. The second-order valence-electron chi connectivity index (χ2n) is 5.15. The highest BCUT2D eigenvalue weighted by Gasteiger charge is 2.14. The highest BCUT2D eigenvalue weighted by atomic mass is 79.9. The third-order valence-corrected chi connectivity index (χ3v) is 5.05. The molecule has 1 unspecified atom stereocenters. The van der Waals surface area contributed by atoms with E-state index in [0.717, 1.165) is 19.4 Å². The fourth-order valence-electron chi connectivity index (χ4n) is 2.34. The van der Waals surface area contributed by atoms with Crippen molar-refractivity contribution < 1.29 is 0 Å². The topological polar surface area (TPSA) is 12.0 Å². The lowest BCUT2D eigenvalue weighted by molar-refractivity contribution is 0.499. The van der Waals surface area contributed by atoms with E-state index >= 15 is 0 Å². The molecule has 0 bridgehead atoms. The van der Waals surface area contributed by atoms with Crippen molar-refractivity contribution in [2.24, 2.45) is 0 Å². The molecule has 1 N–H and O–H groups in total. The molecule has 0 saturated heterocycles. The van der Waals surface area contributed by atoms with E-state index in [2.05, 4.69) is 70.8 Å². The van der Waals surface area contributed by atoms with E-state index in [0.29, 0.717) is 6.04 Å². The largest absolute Gasteiger partial charge is 0.310 e. The number of rotatable bonds is 7. The molecule has 0 fully saturated rings. The molecule has 0 aliphatic heterocycles. The summed E-state index contributed by atoms with van der Waals surface area (Å²) >= 11 is 5.57. The Kier molecular flexibility index (Phi) is 6.27. The lowest BCUT2D eigenvalue weighted by Gasteiger charge is -2.20. The van der Waals surface area contributed by atoms with Crippen molar-refractivity contribution >= 4 is 27.3 Å². The average Bonchev–Trinajstić information content (AvgIpc) is 2.93. The van der Waals surface area contributed by atoms with E-state index in [1.165, 1.54) is 26.9 Å². The van der Waals surface area contributed by atoms with Gasteiger partial charge in [-0.05, 0) is 61.4 Å². The second kappa shape index (κ2) is 7.96. The van der Waals surface area contributed by atoms with Gasteiger partial charge in [0, 0.05) is 15.4 Å². The van der Waals surface area contributed by atoms with Crippen molar-refractivity contribution in [1.29, 1.82) is 0 Å². The van der Waals surface area contributed by atoms with Gasteiger partial charge in [-0.15, -0.1) is 11.3 Å². The predicted octanol–water partition coefficient (Wildman–Crippen LogP) is 5.49. The molecule has 2 aromatic rings. The van der Waals surface area contributed by atoms with Gasteiger partial charge in [0.25, 0.3) is 0 Å². The monoisotopic (exact) mass is 351 g/mol. The van der Waals surface area contributed by atoms with Crippen LogP contribution in [-0.4, -0.2) is 6.54 Å². The molecule has 0 radical (unpaired) electrons. The Morgan fingerprint density at radius 3 is 2.80 bits per heavy atom. The van der Waals surface area contributed by atoms with Crippen molar-refractivity contribution in [3.63, 3.8) is 0 Å². The number of thiophene rings is 1. The molecule has 1 nitrogen and oxygen atoms in total. The van der Waals surface area contributed by atoms with E-state index in [1.807, 2.05) is 11.3 Å². The molecule has 108 valence electrons. The Hall–Kier alpha value is -0.640. The van der Waals surface area contributed by atoms with Crippen LogP contribution in [-0.2, 0) is 6.42 Å². The van der Waals surface area contributed by atoms with E-state index in [-0.39, 0.29) is 0 Å². The van der Waals surface area contributed by atoms with Crippen molar-refractivity contribution in [3.05, 3.63) is 56.2 Å². The highest BCUT2D eigenvalue weighted by molar-refractivity contribution is 9.10. The van der Waals surface area contributed by atoms with Crippen LogP contribution in [0.25, 0.3) is 0 Å². The van der Waals surface area contributed by atoms with Crippen LogP contribution in [0, 0.1) is 6.92 Å². The Labute approximate surface area is 134 Å². The predicted molar refractivity (Wildman–Crippen MR) is 92.6 cm³/mol. The minimum atomic E-state index is 0.423. The number of benzene rings is 1. The molecule has 0 aliphatic rings. The van der Waals surface area contributed by atoms with E-state index in [4.69, 9.17) is 0 Å². The molecule has 0 spiro atoms. The number of hydrogen-bond acceptors (Lipinski definition) is 2. The molecule has 20 heavy (non-hydrogen) atoms. The van der Waals surface area contributed by atoms with Crippen molar-refractivity contribution in [2.45, 2.75) is 39.2 Å². The van der Waals surface area contributed by atoms with Crippen molar-refractivity contribution in [1.82, 2.24) is 5.32 Å². The van der Waals surface area contributed by atoms with Crippen LogP contribution in [0.5, 0.6) is 0 Å². The van der Waals surface area contributed by atoms with Crippen molar-refractivity contribution in [3.8, 4) is 0 Å². The summed E-state index contributed by atoms with van der Waals surface area (Å²) in [5, 5.41) is 5.84. The van der Waals surface area contributed by atoms with Crippen LogP contribution in [0.3, 0.4) is 0 Å². The van der Waals surface area contributed by atoms with Crippen LogP contribution in [0.15, 0.2) is 40.2 Å². The zero-order valence-corrected chi connectivity index (χ0v) is 14.6. The van der Waals surface area contributed by atoms with Gasteiger partial charge in [-0.3, -0.25) is 0 Å². The van der Waals surface area contributed by atoms with E-state index < -0.39 is 0 Å². The molecule has 1 aromatic heterocycles. The molecule has 0 aliphatic carbocycles. The molecule has 1 aromatic carbocycles. The first-order valence-electron chi connectivity index (χ1n) is 7.22.